The molecule has 1 N–H and O–H groups in total. The van der Waals surface area contributed by atoms with Gasteiger partial charge in [-0.05, 0) is 30.0 Å². The molecule has 0 fully saturated rings. The smallest absolute Gasteiger partial charge is 0.231 e. The fourth-order valence-electron chi connectivity index (χ4n) is 2.02. The number of fused-ring (bicyclic) bond motifs is 1. The lowest BCUT2D eigenvalue weighted by atomic mass is 9.93. The standard InChI is InChI=1S/C13H15NO2/c1-8(5-6-15)10-3-4-12-11(7-10)9(2)13(16)14-12/h3-4,6-9H,5H2,1-2H3,(H,14,16). The van der Waals surface area contributed by atoms with E-state index in [1.165, 1.54) is 0 Å². The predicted octanol–water partition coefficient (Wildman–Crippen LogP) is 2.43. The number of carbonyl (C=O) groups is 2. The first-order valence-corrected chi connectivity index (χ1v) is 5.52. The number of anilines is 1. The molecule has 16 heavy (non-hydrogen) atoms. The van der Waals surface area contributed by atoms with Crippen molar-refractivity contribution in [2.45, 2.75) is 32.1 Å². The van der Waals surface area contributed by atoms with Gasteiger partial charge in [-0.25, -0.2) is 0 Å². The summed E-state index contributed by atoms with van der Waals surface area (Å²) >= 11 is 0. The van der Waals surface area contributed by atoms with E-state index in [-0.39, 0.29) is 17.7 Å². The van der Waals surface area contributed by atoms with Crippen LogP contribution in [-0.2, 0) is 9.59 Å². The zero-order chi connectivity index (χ0) is 11.7. The average Bonchev–Trinajstić information content (AvgIpc) is 2.55. The first-order valence-electron chi connectivity index (χ1n) is 5.52. The minimum Gasteiger partial charge on any atom is -0.325 e. The summed E-state index contributed by atoms with van der Waals surface area (Å²) in [5, 5.41) is 2.84. The molecule has 1 aliphatic rings. The molecular formula is C13H15NO2. The summed E-state index contributed by atoms with van der Waals surface area (Å²) in [6.45, 7) is 3.92. The van der Waals surface area contributed by atoms with Crippen molar-refractivity contribution in [3.05, 3.63) is 29.3 Å². The van der Waals surface area contributed by atoms with Crippen molar-refractivity contribution in [3.8, 4) is 0 Å². The number of rotatable bonds is 3. The Balaban J connectivity index is 2.33. The molecule has 1 amide bonds. The Hall–Kier alpha value is -1.64. The second-order valence-corrected chi connectivity index (χ2v) is 4.36. The first-order chi connectivity index (χ1) is 7.63. The number of hydrogen-bond acceptors (Lipinski definition) is 2. The molecule has 2 rings (SSSR count). The molecular weight excluding hydrogens is 202 g/mol. The molecule has 84 valence electrons. The van der Waals surface area contributed by atoms with Gasteiger partial charge in [-0.1, -0.05) is 19.1 Å². The third-order valence-corrected chi connectivity index (χ3v) is 3.21. The molecule has 3 nitrogen and oxygen atoms in total. The molecule has 1 aliphatic heterocycles. The minimum atomic E-state index is -0.0848. The van der Waals surface area contributed by atoms with Crippen LogP contribution in [0.5, 0.6) is 0 Å². The maximum atomic E-state index is 11.5. The van der Waals surface area contributed by atoms with Gasteiger partial charge in [-0.15, -0.1) is 0 Å². The van der Waals surface area contributed by atoms with Crippen molar-refractivity contribution in [3.63, 3.8) is 0 Å². The summed E-state index contributed by atoms with van der Waals surface area (Å²) in [7, 11) is 0. The van der Waals surface area contributed by atoms with E-state index in [0.717, 1.165) is 23.1 Å². The third-order valence-electron chi connectivity index (χ3n) is 3.21. The Morgan fingerprint density at radius 3 is 2.94 bits per heavy atom. The fraction of sp³-hybridized carbons (Fsp3) is 0.385. The van der Waals surface area contributed by atoms with Crippen LogP contribution in [0.3, 0.4) is 0 Å². The molecule has 1 aromatic carbocycles. The number of aldehydes is 1. The van der Waals surface area contributed by atoms with Crippen molar-refractivity contribution in [2.75, 3.05) is 5.32 Å². The van der Waals surface area contributed by atoms with Gasteiger partial charge in [0.05, 0.1) is 5.92 Å². The lowest BCUT2D eigenvalue weighted by Crippen LogP contribution is -2.08. The monoisotopic (exact) mass is 217 g/mol. The van der Waals surface area contributed by atoms with E-state index in [1.807, 2.05) is 32.0 Å². The molecule has 0 aromatic heterocycles. The van der Waals surface area contributed by atoms with Gasteiger partial charge in [-0.3, -0.25) is 4.79 Å². The van der Waals surface area contributed by atoms with E-state index in [9.17, 15) is 9.59 Å². The second kappa shape index (κ2) is 4.08. The lowest BCUT2D eigenvalue weighted by Gasteiger charge is -2.10. The van der Waals surface area contributed by atoms with E-state index >= 15 is 0 Å². The van der Waals surface area contributed by atoms with Crippen molar-refractivity contribution >= 4 is 17.9 Å². The van der Waals surface area contributed by atoms with Crippen LogP contribution in [0.15, 0.2) is 18.2 Å². The molecule has 0 spiro atoms. The SMILES string of the molecule is CC(CC=O)c1ccc2c(c1)C(C)C(=O)N2. The van der Waals surface area contributed by atoms with Crippen molar-refractivity contribution in [2.24, 2.45) is 0 Å². The van der Waals surface area contributed by atoms with Gasteiger partial charge in [-0.2, -0.15) is 0 Å². The van der Waals surface area contributed by atoms with E-state index < -0.39 is 0 Å². The second-order valence-electron chi connectivity index (χ2n) is 4.36. The molecule has 2 atom stereocenters. The Kier molecular flexibility index (Phi) is 2.77. The van der Waals surface area contributed by atoms with Gasteiger partial charge in [0.25, 0.3) is 0 Å². The zero-order valence-electron chi connectivity index (χ0n) is 9.49. The van der Waals surface area contributed by atoms with E-state index in [4.69, 9.17) is 0 Å². The molecule has 3 heteroatoms. The molecule has 1 aromatic rings. The normalized spacial score (nSPS) is 20.1. The highest BCUT2D eigenvalue weighted by Crippen LogP contribution is 2.34. The highest BCUT2D eigenvalue weighted by Gasteiger charge is 2.26. The van der Waals surface area contributed by atoms with Crippen molar-refractivity contribution < 1.29 is 9.59 Å². The predicted molar refractivity (Wildman–Crippen MR) is 62.6 cm³/mol. The van der Waals surface area contributed by atoms with Crippen LogP contribution < -0.4 is 5.32 Å². The van der Waals surface area contributed by atoms with Crippen LogP contribution in [0.4, 0.5) is 5.69 Å². The summed E-state index contributed by atoms with van der Waals surface area (Å²) in [5.74, 6) is 0.180. The molecule has 1 heterocycles. The first kappa shape index (κ1) is 10.9. The summed E-state index contributed by atoms with van der Waals surface area (Å²) in [6.07, 6.45) is 1.46. The Labute approximate surface area is 94.9 Å². The quantitative estimate of drug-likeness (QED) is 0.790. The van der Waals surface area contributed by atoms with Gasteiger partial charge < -0.3 is 10.1 Å². The van der Waals surface area contributed by atoms with Crippen molar-refractivity contribution in [1.82, 2.24) is 0 Å². The largest absolute Gasteiger partial charge is 0.325 e. The molecule has 2 unspecified atom stereocenters. The maximum absolute atomic E-state index is 11.5. The molecule has 0 aliphatic carbocycles. The highest BCUT2D eigenvalue weighted by molar-refractivity contribution is 6.02. The van der Waals surface area contributed by atoms with Crippen molar-refractivity contribution in [1.29, 1.82) is 0 Å². The number of amides is 1. The van der Waals surface area contributed by atoms with Gasteiger partial charge >= 0.3 is 0 Å². The van der Waals surface area contributed by atoms with Crippen LogP contribution >= 0.6 is 0 Å². The minimum absolute atomic E-state index is 0.0511. The third kappa shape index (κ3) is 1.73. The topological polar surface area (TPSA) is 46.2 Å². The summed E-state index contributed by atoms with van der Waals surface area (Å²) in [4.78, 5) is 21.9. The number of hydrogen-bond donors (Lipinski definition) is 1. The van der Waals surface area contributed by atoms with Gasteiger partial charge in [0.1, 0.15) is 6.29 Å². The van der Waals surface area contributed by atoms with E-state index in [0.29, 0.717) is 6.42 Å². The van der Waals surface area contributed by atoms with E-state index in [1.54, 1.807) is 0 Å². The highest BCUT2D eigenvalue weighted by atomic mass is 16.2. The number of carbonyl (C=O) groups excluding carboxylic acids is 2. The summed E-state index contributed by atoms with van der Waals surface area (Å²) in [6, 6.07) is 5.94. The zero-order valence-corrected chi connectivity index (χ0v) is 9.49. The average molecular weight is 217 g/mol. The molecule has 0 bridgehead atoms. The molecule has 0 saturated carbocycles. The lowest BCUT2D eigenvalue weighted by molar-refractivity contribution is -0.116. The summed E-state index contributed by atoms with van der Waals surface area (Å²) in [5.41, 5.74) is 3.06. The molecule has 0 saturated heterocycles. The van der Waals surface area contributed by atoms with Crippen LogP contribution in [0.25, 0.3) is 0 Å². The van der Waals surface area contributed by atoms with E-state index in [2.05, 4.69) is 5.32 Å². The van der Waals surface area contributed by atoms with Crippen LogP contribution in [-0.4, -0.2) is 12.2 Å². The van der Waals surface area contributed by atoms with Crippen LogP contribution in [0.1, 0.15) is 43.2 Å². The number of benzene rings is 1. The fourth-order valence-corrected chi connectivity index (χ4v) is 2.02. The Bertz CT molecular complexity index is 440. The van der Waals surface area contributed by atoms with Gasteiger partial charge in [0.15, 0.2) is 0 Å². The van der Waals surface area contributed by atoms with Crippen LogP contribution in [0, 0.1) is 0 Å². The number of nitrogens with one attached hydrogen (secondary N) is 1. The Morgan fingerprint density at radius 2 is 2.25 bits per heavy atom. The summed E-state index contributed by atoms with van der Waals surface area (Å²) < 4.78 is 0. The van der Waals surface area contributed by atoms with Gasteiger partial charge in [0.2, 0.25) is 5.91 Å². The van der Waals surface area contributed by atoms with Crippen LogP contribution in [0.2, 0.25) is 0 Å². The Morgan fingerprint density at radius 1 is 1.50 bits per heavy atom. The van der Waals surface area contributed by atoms with Gasteiger partial charge in [0, 0.05) is 12.1 Å². The maximum Gasteiger partial charge on any atom is 0.231 e. The molecule has 0 radical (unpaired) electrons.